The Morgan fingerprint density at radius 2 is 1.80 bits per heavy atom. The van der Waals surface area contributed by atoms with E-state index < -0.39 is 0 Å². The average molecular weight is 216 g/mol. The van der Waals surface area contributed by atoms with Crippen molar-refractivity contribution in [1.29, 1.82) is 0 Å². The second-order valence-corrected chi connectivity index (χ2v) is 4.81. The van der Waals surface area contributed by atoms with Gasteiger partial charge in [-0.25, -0.2) is 0 Å². The van der Waals surface area contributed by atoms with E-state index in [0.29, 0.717) is 6.04 Å². The summed E-state index contributed by atoms with van der Waals surface area (Å²) in [6.07, 6.45) is 2.06. The standard InChI is InChI=1S/C12H28N2O/c1-6-12(7-2,10-15)9-13-8-11(3)14(4)5/h11,13,15H,6-10H2,1-5H3. The summed E-state index contributed by atoms with van der Waals surface area (Å²) in [7, 11) is 4.18. The molecular formula is C12H28N2O. The van der Waals surface area contributed by atoms with E-state index in [1.807, 2.05) is 0 Å². The molecule has 0 bridgehead atoms. The quantitative estimate of drug-likeness (QED) is 0.642. The Morgan fingerprint density at radius 3 is 2.13 bits per heavy atom. The van der Waals surface area contributed by atoms with Crippen LogP contribution in [0.25, 0.3) is 0 Å². The lowest BCUT2D eigenvalue weighted by Crippen LogP contribution is -2.42. The lowest BCUT2D eigenvalue weighted by molar-refractivity contribution is 0.111. The summed E-state index contributed by atoms with van der Waals surface area (Å²) in [5, 5.41) is 12.9. The summed E-state index contributed by atoms with van der Waals surface area (Å²) in [5.74, 6) is 0. The molecule has 0 aromatic heterocycles. The number of hydrogen-bond acceptors (Lipinski definition) is 3. The van der Waals surface area contributed by atoms with Crippen molar-refractivity contribution >= 4 is 0 Å². The Kier molecular flexibility index (Phi) is 7.14. The molecule has 2 N–H and O–H groups in total. The summed E-state index contributed by atoms with van der Waals surface area (Å²) in [5.41, 5.74) is 0.0754. The normalized spacial score (nSPS) is 14.6. The smallest absolute Gasteiger partial charge is 0.0499 e. The fourth-order valence-corrected chi connectivity index (χ4v) is 1.51. The summed E-state index contributed by atoms with van der Waals surface area (Å²) in [6, 6.07) is 0.537. The first-order valence-corrected chi connectivity index (χ1v) is 5.99. The molecule has 1 atom stereocenters. The molecule has 0 aromatic rings. The topological polar surface area (TPSA) is 35.5 Å². The molecular weight excluding hydrogens is 188 g/mol. The highest BCUT2D eigenvalue weighted by Gasteiger charge is 2.24. The molecule has 92 valence electrons. The van der Waals surface area contributed by atoms with Crippen LogP contribution in [0.2, 0.25) is 0 Å². The number of likely N-dealkylation sites (N-methyl/N-ethyl adjacent to an activating group) is 1. The van der Waals surface area contributed by atoms with Gasteiger partial charge in [0.05, 0.1) is 0 Å². The van der Waals surface area contributed by atoms with Crippen LogP contribution in [-0.2, 0) is 0 Å². The molecule has 0 amide bonds. The minimum atomic E-state index is 0.0754. The molecule has 15 heavy (non-hydrogen) atoms. The fraction of sp³-hybridized carbons (Fsp3) is 1.00. The number of hydrogen-bond donors (Lipinski definition) is 2. The van der Waals surface area contributed by atoms with Gasteiger partial charge in [0.1, 0.15) is 0 Å². The lowest BCUT2D eigenvalue weighted by atomic mass is 9.83. The van der Waals surface area contributed by atoms with Gasteiger partial charge in [-0.15, -0.1) is 0 Å². The van der Waals surface area contributed by atoms with Crippen LogP contribution in [0.3, 0.4) is 0 Å². The maximum Gasteiger partial charge on any atom is 0.0499 e. The predicted molar refractivity (Wildman–Crippen MR) is 66.1 cm³/mol. The van der Waals surface area contributed by atoms with Gasteiger partial charge in [0.25, 0.3) is 0 Å². The maximum atomic E-state index is 9.40. The second kappa shape index (κ2) is 7.20. The van der Waals surface area contributed by atoms with Crippen LogP contribution in [-0.4, -0.2) is 49.8 Å². The molecule has 0 radical (unpaired) electrons. The zero-order valence-electron chi connectivity index (χ0n) is 11.0. The Balaban J connectivity index is 3.91. The molecule has 3 heteroatoms. The highest BCUT2D eigenvalue weighted by Crippen LogP contribution is 2.24. The summed E-state index contributed by atoms with van der Waals surface area (Å²) >= 11 is 0. The van der Waals surface area contributed by atoms with Gasteiger partial charge in [-0.1, -0.05) is 13.8 Å². The summed E-state index contributed by atoms with van der Waals surface area (Å²) in [6.45, 7) is 8.67. The molecule has 0 fully saturated rings. The van der Waals surface area contributed by atoms with E-state index >= 15 is 0 Å². The number of aliphatic hydroxyl groups excluding tert-OH is 1. The monoisotopic (exact) mass is 216 g/mol. The molecule has 0 rings (SSSR count). The molecule has 0 aromatic carbocycles. The maximum absolute atomic E-state index is 9.40. The van der Waals surface area contributed by atoms with Crippen molar-refractivity contribution in [2.45, 2.75) is 39.7 Å². The Hall–Kier alpha value is -0.120. The van der Waals surface area contributed by atoms with Crippen LogP contribution >= 0.6 is 0 Å². The lowest BCUT2D eigenvalue weighted by Gasteiger charge is -2.31. The third kappa shape index (κ3) is 4.96. The van der Waals surface area contributed by atoms with E-state index in [1.54, 1.807) is 0 Å². The van der Waals surface area contributed by atoms with Crippen molar-refractivity contribution in [3.05, 3.63) is 0 Å². The molecule has 0 saturated carbocycles. The van der Waals surface area contributed by atoms with Gasteiger partial charge in [-0.2, -0.15) is 0 Å². The van der Waals surface area contributed by atoms with Crippen LogP contribution in [0.5, 0.6) is 0 Å². The van der Waals surface area contributed by atoms with Crippen LogP contribution in [0, 0.1) is 5.41 Å². The minimum Gasteiger partial charge on any atom is -0.396 e. The fourth-order valence-electron chi connectivity index (χ4n) is 1.51. The van der Waals surface area contributed by atoms with Crippen LogP contribution in [0.15, 0.2) is 0 Å². The largest absolute Gasteiger partial charge is 0.396 e. The number of aliphatic hydroxyl groups is 1. The van der Waals surface area contributed by atoms with Crippen molar-refractivity contribution in [2.75, 3.05) is 33.8 Å². The van der Waals surface area contributed by atoms with Crippen LogP contribution in [0.4, 0.5) is 0 Å². The van der Waals surface area contributed by atoms with E-state index in [-0.39, 0.29) is 12.0 Å². The highest BCUT2D eigenvalue weighted by molar-refractivity contribution is 4.79. The predicted octanol–water partition coefficient (Wildman–Crippen LogP) is 1.32. The molecule has 0 saturated heterocycles. The Bertz CT molecular complexity index is 147. The minimum absolute atomic E-state index is 0.0754. The first-order chi connectivity index (χ1) is 7.01. The van der Waals surface area contributed by atoms with Crippen molar-refractivity contribution in [3.63, 3.8) is 0 Å². The van der Waals surface area contributed by atoms with E-state index in [0.717, 1.165) is 25.9 Å². The Labute approximate surface area is 94.9 Å². The summed E-state index contributed by atoms with van der Waals surface area (Å²) in [4.78, 5) is 2.20. The molecule has 0 spiro atoms. The van der Waals surface area contributed by atoms with Crippen LogP contribution < -0.4 is 5.32 Å². The van der Waals surface area contributed by atoms with E-state index in [1.165, 1.54) is 0 Å². The van der Waals surface area contributed by atoms with Crippen LogP contribution in [0.1, 0.15) is 33.6 Å². The van der Waals surface area contributed by atoms with Crippen molar-refractivity contribution < 1.29 is 5.11 Å². The van der Waals surface area contributed by atoms with Gasteiger partial charge in [0.15, 0.2) is 0 Å². The molecule has 1 unspecified atom stereocenters. The molecule has 0 aliphatic rings. The van der Waals surface area contributed by atoms with Gasteiger partial charge < -0.3 is 15.3 Å². The van der Waals surface area contributed by atoms with Crippen molar-refractivity contribution in [2.24, 2.45) is 5.41 Å². The molecule has 0 aliphatic carbocycles. The van der Waals surface area contributed by atoms with Gasteiger partial charge in [0, 0.05) is 31.2 Å². The van der Waals surface area contributed by atoms with Crippen molar-refractivity contribution in [1.82, 2.24) is 10.2 Å². The first-order valence-electron chi connectivity index (χ1n) is 5.99. The molecule has 3 nitrogen and oxygen atoms in total. The number of nitrogens with one attached hydrogen (secondary N) is 1. The zero-order chi connectivity index (χ0) is 11.9. The van der Waals surface area contributed by atoms with E-state index in [4.69, 9.17) is 0 Å². The second-order valence-electron chi connectivity index (χ2n) is 4.81. The highest BCUT2D eigenvalue weighted by atomic mass is 16.3. The van der Waals surface area contributed by atoms with E-state index in [9.17, 15) is 5.11 Å². The van der Waals surface area contributed by atoms with Gasteiger partial charge >= 0.3 is 0 Å². The number of rotatable bonds is 8. The third-order valence-corrected chi connectivity index (χ3v) is 3.66. The van der Waals surface area contributed by atoms with Gasteiger partial charge in [0.2, 0.25) is 0 Å². The van der Waals surface area contributed by atoms with Crippen molar-refractivity contribution in [3.8, 4) is 0 Å². The van der Waals surface area contributed by atoms with Gasteiger partial charge in [-0.05, 0) is 33.9 Å². The first kappa shape index (κ1) is 14.9. The van der Waals surface area contributed by atoms with E-state index in [2.05, 4.69) is 45.1 Å². The average Bonchev–Trinajstić information content (AvgIpc) is 2.24. The zero-order valence-corrected chi connectivity index (χ0v) is 11.0. The third-order valence-electron chi connectivity index (χ3n) is 3.66. The summed E-state index contributed by atoms with van der Waals surface area (Å²) < 4.78 is 0. The SMILES string of the molecule is CCC(CC)(CO)CNCC(C)N(C)C. The molecule has 0 heterocycles. The molecule has 0 aliphatic heterocycles. The van der Waals surface area contributed by atoms with Gasteiger partial charge in [-0.3, -0.25) is 0 Å². The number of nitrogens with zero attached hydrogens (tertiary/aromatic N) is 1. The Morgan fingerprint density at radius 1 is 1.27 bits per heavy atom.